The van der Waals surface area contributed by atoms with Gasteiger partial charge in [-0.25, -0.2) is 0 Å². The third-order valence-corrected chi connectivity index (χ3v) is 0.585. The molecule has 48 valence electrons. The number of ether oxygens (including phenoxy) is 1. The number of alkyl halides is 1. The molecule has 0 aromatic heterocycles. The second-order valence-corrected chi connectivity index (χ2v) is 1.37. The fourth-order valence-electron chi connectivity index (χ4n) is 0.188. The van der Waals surface area contributed by atoms with E-state index in [0.29, 0.717) is 0 Å². The third-order valence-electron chi connectivity index (χ3n) is 0.367. The zero-order chi connectivity index (χ0) is 6.57. The molecular formula is C4H6ClNaO3. The molecule has 0 N–H and O–H groups in total. The maximum atomic E-state index is 10.0. The summed E-state index contributed by atoms with van der Waals surface area (Å²) in [5, 5.41) is 0. The van der Waals surface area contributed by atoms with Crippen LogP contribution in [0.2, 0.25) is 0 Å². The van der Waals surface area contributed by atoms with Crippen molar-refractivity contribution >= 4 is 53.1 Å². The van der Waals surface area contributed by atoms with Crippen LogP contribution in [0.1, 0.15) is 6.92 Å². The summed E-state index contributed by atoms with van der Waals surface area (Å²) < 4.78 is 3.99. The fraction of sp³-hybridized carbons (Fsp3) is 0.500. The van der Waals surface area contributed by atoms with Crippen LogP contribution >= 0.6 is 11.6 Å². The van der Waals surface area contributed by atoms with Gasteiger partial charge >= 0.3 is 41.5 Å². The molecule has 0 atom stereocenters. The fourth-order valence-corrected chi connectivity index (χ4v) is 0.242. The number of hydrogen-bond acceptors (Lipinski definition) is 3. The Morgan fingerprint density at radius 1 is 1.56 bits per heavy atom. The van der Waals surface area contributed by atoms with Gasteiger partial charge in [-0.3, -0.25) is 9.59 Å². The van der Waals surface area contributed by atoms with E-state index in [1.165, 1.54) is 0 Å². The van der Waals surface area contributed by atoms with E-state index in [1.54, 1.807) is 0 Å². The van der Waals surface area contributed by atoms with E-state index in [9.17, 15) is 9.59 Å². The number of halogens is 1. The second kappa shape index (κ2) is 6.55. The zero-order valence-corrected chi connectivity index (χ0v) is 5.07. The van der Waals surface area contributed by atoms with E-state index in [-0.39, 0.29) is 35.4 Å². The molecule has 5 heteroatoms. The molecule has 0 heterocycles. The van der Waals surface area contributed by atoms with Gasteiger partial charge in [0.2, 0.25) is 0 Å². The predicted octanol–water partition coefficient (Wildman–Crippen LogP) is -0.334. The predicted molar refractivity (Wildman–Crippen MR) is 34.6 cm³/mol. The van der Waals surface area contributed by atoms with Crippen molar-refractivity contribution in [2.24, 2.45) is 0 Å². The van der Waals surface area contributed by atoms with Gasteiger partial charge in [0.25, 0.3) is 0 Å². The summed E-state index contributed by atoms with van der Waals surface area (Å²) in [6, 6.07) is 0. The van der Waals surface area contributed by atoms with Gasteiger partial charge in [-0.1, -0.05) is 0 Å². The number of carbonyl (C=O) groups is 2. The molecule has 0 radical (unpaired) electrons. The molecule has 0 amide bonds. The summed E-state index contributed by atoms with van der Waals surface area (Å²) in [4.78, 5) is 20.0. The van der Waals surface area contributed by atoms with Crippen molar-refractivity contribution in [1.82, 2.24) is 0 Å². The Kier molecular flexibility index (Phi) is 8.83. The summed E-state index contributed by atoms with van der Waals surface area (Å²) >= 11 is 4.97. The van der Waals surface area contributed by atoms with Crippen LogP contribution in [0.4, 0.5) is 0 Å². The first-order chi connectivity index (χ1) is 3.66. The molecule has 9 heavy (non-hydrogen) atoms. The van der Waals surface area contributed by atoms with Crippen LogP contribution in [0.5, 0.6) is 0 Å². The van der Waals surface area contributed by atoms with Gasteiger partial charge in [0, 0.05) is 6.92 Å². The second-order valence-electron chi connectivity index (χ2n) is 1.10. The molecule has 0 saturated carbocycles. The molecule has 0 aromatic rings. The first kappa shape index (κ1) is 12.1. The van der Waals surface area contributed by atoms with Gasteiger partial charge in [0.15, 0.2) is 0 Å². The SMILES string of the molecule is CC(=O)OC(=O)CCl.[NaH]. The Morgan fingerprint density at radius 2 is 2.00 bits per heavy atom. The van der Waals surface area contributed by atoms with Crippen LogP contribution < -0.4 is 0 Å². The Balaban J connectivity index is 0. The number of esters is 2. The minimum atomic E-state index is -0.709. The third kappa shape index (κ3) is 8.43. The Labute approximate surface area is 80.0 Å². The van der Waals surface area contributed by atoms with Crippen molar-refractivity contribution < 1.29 is 14.3 Å². The van der Waals surface area contributed by atoms with E-state index in [1.807, 2.05) is 0 Å². The van der Waals surface area contributed by atoms with E-state index in [2.05, 4.69) is 4.74 Å². The van der Waals surface area contributed by atoms with Gasteiger partial charge in [-0.05, 0) is 0 Å². The maximum absolute atomic E-state index is 10.0. The monoisotopic (exact) mass is 160 g/mol. The molecule has 0 aliphatic rings. The van der Waals surface area contributed by atoms with Crippen molar-refractivity contribution in [3.8, 4) is 0 Å². The summed E-state index contributed by atoms with van der Waals surface area (Å²) in [7, 11) is 0. The van der Waals surface area contributed by atoms with E-state index in [0.717, 1.165) is 6.92 Å². The van der Waals surface area contributed by atoms with E-state index < -0.39 is 11.9 Å². The van der Waals surface area contributed by atoms with E-state index >= 15 is 0 Å². The van der Waals surface area contributed by atoms with Gasteiger partial charge < -0.3 is 4.74 Å². The summed E-state index contributed by atoms with van der Waals surface area (Å²) in [5.41, 5.74) is 0. The minimum absolute atomic E-state index is 0. The van der Waals surface area contributed by atoms with Crippen LogP contribution in [-0.2, 0) is 14.3 Å². The van der Waals surface area contributed by atoms with Crippen LogP contribution in [0.3, 0.4) is 0 Å². The molecule has 0 aliphatic carbocycles. The molecular weight excluding hydrogens is 154 g/mol. The first-order valence-corrected chi connectivity index (χ1v) is 2.47. The molecule has 0 bridgehead atoms. The van der Waals surface area contributed by atoms with Gasteiger partial charge in [0.05, 0.1) is 0 Å². The number of hydrogen-bond donors (Lipinski definition) is 0. The quantitative estimate of drug-likeness (QED) is 0.228. The molecule has 0 rings (SSSR count). The molecule has 3 nitrogen and oxygen atoms in total. The van der Waals surface area contributed by atoms with Gasteiger partial charge in [-0.2, -0.15) is 0 Å². The Bertz CT molecular complexity index is 114. The summed E-state index contributed by atoms with van der Waals surface area (Å²) in [5.74, 6) is -1.62. The molecule has 0 aliphatic heterocycles. The first-order valence-electron chi connectivity index (χ1n) is 1.94. The topological polar surface area (TPSA) is 43.4 Å². The zero-order valence-electron chi connectivity index (χ0n) is 4.31. The molecule has 0 aromatic carbocycles. The Hall–Kier alpha value is 0.430. The van der Waals surface area contributed by atoms with Gasteiger partial charge in [-0.15, -0.1) is 11.6 Å². The van der Waals surface area contributed by atoms with E-state index in [4.69, 9.17) is 11.6 Å². The van der Waals surface area contributed by atoms with Crippen molar-refractivity contribution in [2.45, 2.75) is 6.92 Å². The summed E-state index contributed by atoms with van der Waals surface area (Å²) in [6.07, 6.45) is 0. The average molecular weight is 161 g/mol. The van der Waals surface area contributed by atoms with Crippen LogP contribution in [0, 0.1) is 0 Å². The Morgan fingerprint density at radius 3 is 2.11 bits per heavy atom. The number of carbonyl (C=O) groups excluding carboxylic acids is 2. The van der Waals surface area contributed by atoms with Crippen LogP contribution in [0.15, 0.2) is 0 Å². The van der Waals surface area contributed by atoms with Gasteiger partial charge in [0.1, 0.15) is 5.88 Å². The normalized spacial score (nSPS) is 7.33. The summed E-state index contributed by atoms with van der Waals surface area (Å²) in [6.45, 7) is 1.14. The molecule has 0 saturated heterocycles. The molecule has 0 fully saturated rings. The van der Waals surface area contributed by atoms with Crippen molar-refractivity contribution in [3.63, 3.8) is 0 Å². The van der Waals surface area contributed by atoms with Crippen LogP contribution in [-0.4, -0.2) is 47.4 Å². The van der Waals surface area contributed by atoms with Crippen molar-refractivity contribution in [2.75, 3.05) is 5.88 Å². The molecule has 0 spiro atoms. The van der Waals surface area contributed by atoms with Crippen molar-refractivity contribution in [3.05, 3.63) is 0 Å². The number of rotatable bonds is 1. The van der Waals surface area contributed by atoms with Crippen molar-refractivity contribution in [1.29, 1.82) is 0 Å². The average Bonchev–Trinajstić information content (AvgIpc) is 1.65. The molecule has 0 unspecified atom stereocenters. The van der Waals surface area contributed by atoms with Crippen LogP contribution in [0.25, 0.3) is 0 Å². The standard InChI is InChI=1S/C4H5ClO3.Na.H/c1-3(6)8-4(7)2-5;;/h2H2,1H3;;.